The van der Waals surface area contributed by atoms with E-state index in [1.54, 1.807) is 0 Å². The van der Waals surface area contributed by atoms with E-state index in [4.69, 9.17) is 0 Å². The molecule has 0 saturated heterocycles. The highest BCUT2D eigenvalue weighted by Gasteiger charge is 2.44. The van der Waals surface area contributed by atoms with E-state index in [-0.39, 0.29) is 0 Å². The minimum atomic E-state index is 0.595. The van der Waals surface area contributed by atoms with Crippen molar-refractivity contribution in [1.82, 2.24) is 5.32 Å². The number of nitrogens with one attached hydrogen (secondary N) is 1. The molecule has 0 radical (unpaired) electrons. The third-order valence-electron chi connectivity index (χ3n) is 3.92. The molecular weight excluding hydrogens is 194 g/mol. The summed E-state index contributed by atoms with van der Waals surface area (Å²) < 4.78 is 0. The van der Waals surface area contributed by atoms with Crippen LogP contribution in [-0.4, -0.2) is 6.54 Å². The summed E-state index contributed by atoms with van der Waals surface area (Å²) in [5.41, 5.74) is 3.53. The lowest BCUT2D eigenvalue weighted by Crippen LogP contribution is -2.18. The van der Waals surface area contributed by atoms with Crippen LogP contribution in [0.4, 0.5) is 0 Å². The normalized spacial score (nSPS) is 22.1. The second-order valence-electron chi connectivity index (χ2n) is 5.64. The average molecular weight is 217 g/mol. The van der Waals surface area contributed by atoms with Crippen molar-refractivity contribution in [3.63, 3.8) is 0 Å². The Kier molecular flexibility index (Phi) is 3.34. The van der Waals surface area contributed by atoms with E-state index in [0.717, 1.165) is 18.9 Å². The fourth-order valence-electron chi connectivity index (χ4n) is 2.38. The molecule has 0 bridgehead atoms. The molecule has 0 aromatic heterocycles. The molecular formula is C15H23N. The van der Waals surface area contributed by atoms with Gasteiger partial charge in [-0.15, -0.1) is 0 Å². The molecule has 1 aromatic rings. The Morgan fingerprint density at radius 3 is 2.44 bits per heavy atom. The zero-order valence-electron chi connectivity index (χ0n) is 10.7. The molecule has 16 heavy (non-hydrogen) atoms. The van der Waals surface area contributed by atoms with Gasteiger partial charge < -0.3 is 5.32 Å². The Morgan fingerprint density at radius 2 is 1.88 bits per heavy atom. The van der Waals surface area contributed by atoms with Crippen LogP contribution in [0.5, 0.6) is 0 Å². The minimum Gasteiger partial charge on any atom is -0.312 e. The monoisotopic (exact) mass is 217 g/mol. The lowest BCUT2D eigenvalue weighted by Gasteiger charge is -2.09. The van der Waals surface area contributed by atoms with E-state index in [1.165, 1.54) is 24.1 Å². The molecule has 88 valence electrons. The van der Waals surface area contributed by atoms with E-state index >= 15 is 0 Å². The summed E-state index contributed by atoms with van der Waals surface area (Å²) >= 11 is 0. The van der Waals surface area contributed by atoms with Gasteiger partial charge in [0.15, 0.2) is 0 Å². The third-order valence-corrected chi connectivity index (χ3v) is 3.92. The van der Waals surface area contributed by atoms with Gasteiger partial charge in [0.25, 0.3) is 0 Å². The van der Waals surface area contributed by atoms with Crippen LogP contribution in [0.1, 0.15) is 38.3 Å². The highest BCUT2D eigenvalue weighted by molar-refractivity contribution is 5.26. The molecule has 0 amide bonds. The molecule has 1 atom stereocenters. The van der Waals surface area contributed by atoms with Crippen molar-refractivity contribution < 1.29 is 0 Å². The second-order valence-corrected chi connectivity index (χ2v) is 5.64. The molecule has 1 aliphatic rings. The van der Waals surface area contributed by atoms with Crippen LogP contribution in [0.25, 0.3) is 0 Å². The summed E-state index contributed by atoms with van der Waals surface area (Å²) in [5, 5.41) is 3.59. The standard InChI is InChI=1S/C15H23N/c1-4-12-7-5-6-8-13(12)10-16-11-14-9-15(14,2)3/h5-8,14,16H,4,9-11H2,1-3H3. The molecule has 1 N–H and O–H groups in total. The molecule has 1 saturated carbocycles. The predicted molar refractivity (Wildman–Crippen MR) is 69.4 cm³/mol. The predicted octanol–water partition coefficient (Wildman–Crippen LogP) is 3.38. The van der Waals surface area contributed by atoms with E-state index in [1.807, 2.05) is 0 Å². The molecule has 0 spiro atoms. The van der Waals surface area contributed by atoms with Crippen molar-refractivity contribution in [2.75, 3.05) is 6.54 Å². The Labute approximate surface area is 99.3 Å². The highest BCUT2D eigenvalue weighted by atomic mass is 14.9. The number of aryl methyl sites for hydroxylation is 1. The first-order valence-electron chi connectivity index (χ1n) is 6.41. The maximum absolute atomic E-state index is 3.59. The molecule has 1 nitrogen and oxygen atoms in total. The van der Waals surface area contributed by atoms with Gasteiger partial charge in [-0.3, -0.25) is 0 Å². The maximum Gasteiger partial charge on any atom is 0.0208 e. The summed E-state index contributed by atoms with van der Waals surface area (Å²) in [7, 11) is 0. The molecule has 1 aliphatic carbocycles. The Bertz CT molecular complexity index is 354. The topological polar surface area (TPSA) is 12.0 Å². The van der Waals surface area contributed by atoms with Gasteiger partial charge in [-0.25, -0.2) is 0 Å². The van der Waals surface area contributed by atoms with E-state index in [2.05, 4.69) is 50.4 Å². The zero-order valence-corrected chi connectivity index (χ0v) is 10.7. The second kappa shape index (κ2) is 4.58. The Balaban J connectivity index is 1.81. The van der Waals surface area contributed by atoms with Crippen LogP contribution in [-0.2, 0) is 13.0 Å². The van der Waals surface area contributed by atoms with Gasteiger partial charge in [-0.1, -0.05) is 45.0 Å². The number of rotatable bonds is 5. The van der Waals surface area contributed by atoms with Crippen LogP contribution in [0.3, 0.4) is 0 Å². The first kappa shape index (κ1) is 11.7. The molecule has 1 heteroatoms. The highest BCUT2D eigenvalue weighted by Crippen LogP contribution is 2.50. The fourth-order valence-corrected chi connectivity index (χ4v) is 2.38. The van der Waals surface area contributed by atoms with Gasteiger partial charge in [0.1, 0.15) is 0 Å². The summed E-state index contributed by atoms with van der Waals surface area (Å²) in [6.45, 7) is 9.14. The molecule has 1 fully saturated rings. The van der Waals surface area contributed by atoms with Crippen LogP contribution >= 0.6 is 0 Å². The molecule has 0 aliphatic heterocycles. The van der Waals surface area contributed by atoms with Crippen molar-refractivity contribution in [3.8, 4) is 0 Å². The van der Waals surface area contributed by atoms with Gasteiger partial charge in [0.2, 0.25) is 0 Å². The molecule has 1 unspecified atom stereocenters. The van der Waals surface area contributed by atoms with Crippen molar-refractivity contribution >= 4 is 0 Å². The Morgan fingerprint density at radius 1 is 1.25 bits per heavy atom. The van der Waals surface area contributed by atoms with E-state index in [9.17, 15) is 0 Å². The van der Waals surface area contributed by atoms with E-state index in [0.29, 0.717) is 5.41 Å². The lowest BCUT2D eigenvalue weighted by atomic mass is 10.1. The number of hydrogen-bond donors (Lipinski definition) is 1. The average Bonchev–Trinajstić information content (AvgIpc) is 2.87. The largest absolute Gasteiger partial charge is 0.312 e. The van der Waals surface area contributed by atoms with Crippen LogP contribution in [0.15, 0.2) is 24.3 Å². The van der Waals surface area contributed by atoms with Gasteiger partial charge in [-0.05, 0) is 41.8 Å². The van der Waals surface area contributed by atoms with Gasteiger partial charge >= 0.3 is 0 Å². The van der Waals surface area contributed by atoms with Crippen molar-refractivity contribution in [2.24, 2.45) is 11.3 Å². The summed E-state index contributed by atoms with van der Waals surface area (Å²) in [4.78, 5) is 0. The molecule has 2 rings (SSSR count). The van der Waals surface area contributed by atoms with Crippen LogP contribution in [0, 0.1) is 11.3 Å². The van der Waals surface area contributed by atoms with Crippen LogP contribution < -0.4 is 5.32 Å². The van der Waals surface area contributed by atoms with E-state index < -0.39 is 0 Å². The summed E-state index contributed by atoms with van der Waals surface area (Å²) in [6.07, 6.45) is 2.52. The van der Waals surface area contributed by atoms with Crippen molar-refractivity contribution in [1.29, 1.82) is 0 Å². The maximum atomic E-state index is 3.59. The number of hydrogen-bond acceptors (Lipinski definition) is 1. The Hall–Kier alpha value is -0.820. The minimum absolute atomic E-state index is 0.595. The number of benzene rings is 1. The third kappa shape index (κ3) is 2.65. The first-order chi connectivity index (χ1) is 7.63. The quantitative estimate of drug-likeness (QED) is 0.797. The smallest absolute Gasteiger partial charge is 0.0208 e. The van der Waals surface area contributed by atoms with Gasteiger partial charge in [0, 0.05) is 6.54 Å². The van der Waals surface area contributed by atoms with Crippen molar-refractivity contribution in [3.05, 3.63) is 35.4 Å². The molecule has 0 heterocycles. The first-order valence-corrected chi connectivity index (χ1v) is 6.41. The SMILES string of the molecule is CCc1ccccc1CNCC1CC1(C)C. The molecule has 1 aromatic carbocycles. The fraction of sp³-hybridized carbons (Fsp3) is 0.600. The summed E-state index contributed by atoms with van der Waals surface area (Å²) in [6, 6.07) is 8.74. The van der Waals surface area contributed by atoms with Gasteiger partial charge in [-0.2, -0.15) is 0 Å². The summed E-state index contributed by atoms with van der Waals surface area (Å²) in [5.74, 6) is 0.890. The van der Waals surface area contributed by atoms with Gasteiger partial charge in [0.05, 0.1) is 0 Å². The lowest BCUT2D eigenvalue weighted by molar-refractivity contribution is 0.519. The van der Waals surface area contributed by atoms with Crippen LogP contribution in [0.2, 0.25) is 0 Å². The zero-order chi connectivity index (χ0) is 11.6. The van der Waals surface area contributed by atoms with Crippen molar-refractivity contribution in [2.45, 2.75) is 40.2 Å².